The molecule has 20 heavy (non-hydrogen) atoms. The lowest BCUT2D eigenvalue weighted by Gasteiger charge is -2.09. The Morgan fingerprint density at radius 3 is 2.60 bits per heavy atom. The van der Waals surface area contributed by atoms with Gasteiger partial charge >= 0.3 is 0 Å². The average molecular weight is 267 g/mol. The van der Waals surface area contributed by atoms with Crippen LogP contribution in [0.15, 0.2) is 42.6 Å². The molecule has 3 rings (SSSR count). The van der Waals surface area contributed by atoms with E-state index in [0.29, 0.717) is 0 Å². The van der Waals surface area contributed by atoms with E-state index < -0.39 is 0 Å². The number of benzene rings is 1. The van der Waals surface area contributed by atoms with E-state index >= 15 is 0 Å². The third kappa shape index (κ3) is 2.18. The first-order valence-corrected chi connectivity index (χ1v) is 6.57. The third-order valence-corrected chi connectivity index (χ3v) is 3.30. The first-order valence-electron chi connectivity index (χ1n) is 6.57. The van der Waals surface area contributed by atoms with Gasteiger partial charge in [-0.3, -0.25) is 0 Å². The summed E-state index contributed by atoms with van der Waals surface area (Å²) in [5, 5.41) is 6.25. The number of aromatic nitrogens is 3. The van der Waals surface area contributed by atoms with Gasteiger partial charge in [-0.05, 0) is 11.6 Å². The summed E-state index contributed by atoms with van der Waals surface area (Å²) in [7, 11) is 3.77. The summed E-state index contributed by atoms with van der Waals surface area (Å²) < 4.78 is 2.14. The number of fused-ring (bicyclic) bond motifs is 1. The molecule has 102 valence electrons. The second-order valence-corrected chi connectivity index (χ2v) is 4.57. The molecule has 0 aliphatic heterocycles. The first kappa shape index (κ1) is 12.5. The zero-order chi connectivity index (χ0) is 13.9. The van der Waals surface area contributed by atoms with Gasteiger partial charge in [0.15, 0.2) is 5.65 Å². The van der Waals surface area contributed by atoms with Gasteiger partial charge in [0.05, 0.1) is 23.9 Å². The third-order valence-electron chi connectivity index (χ3n) is 3.30. The summed E-state index contributed by atoms with van der Waals surface area (Å²) in [5.41, 5.74) is 3.99. The lowest BCUT2D eigenvalue weighted by molar-refractivity contribution is 0.832. The van der Waals surface area contributed by atoms with Crippen molar-refractivity contribution < 1.29 is 0 Å². The van der Waals surface area contributed by atoms with Crippen LogP contribution < -0.4 is 10.6 Å². The second-order valence-electron chi connectivity index (χ2n) is 4.57. The van der Waals surface area contributed by atoms with Gasteiger partial charge in [-0.1, -0.05) is 30.3 Å². The number of hydrogen-bond acceptors (Lipinski definition) is 4. The number of imidazole rings is 1. The van der Waals surface area contributed by atoms with Gasteiger partial charge in [-0.15, -0.1) is 0 Å². The molecule has 0 radical (unpaired) electrons. The van der Waals surface area contributed by atoms with E-state index in [0.717, 1.165) is 29.3 Å². The van der Waals surface area contributed by atoms with E-state index in [-0.39, 0.29) is 0 Å². The van der Waals surface area contributed by atoms with Gasteiger partial charge in [0.1, 0.15) is 0 Å². The van der Waals surface area contributed by atoms with Crippen LogP contribution in [-0.2, 0) is 6.54 Å². The molecule has 3 aromatic rings. The van der Waals surface area contributed by atoms with Gasteiger partial charge in [-0.25, -0.2) is 4.98 Å². The van der Waals surface area contributed by atoms with Crippen molar-refractivity contribution >= 4 is 22.8 Å². The molecule has 0 fully saturated rings. The Balaban J connectivity index is 2.11. The fourth-order valence-electron chi connectivity index (χ4n) is 2.26. The van der Waals surface area contributed by atoms with E-state index in [1.807, 2.05) is 32.3 Å². The number of rotatable bonds is 4. The lowest BCUT2D eigenvalue weighted by atomic mass is 10.2. The first-order chi connectivity index (χ1) is 9.81. The Morgan fingerprint density at radius 2 is 1.90 bits per heavy atom. The number of hydrogen-bond donors (Lipinski definition) is 2. The van der Waals surface area contributed by atoms with Gasteiger partial charge in [-0.2, -0.15) is 4.98 Å². The summed E-state index contributed by atoms with van der Waals surface area (Å²) >= 11 is 0. The molecule has 1 aromatic carbocycles. The van der Waals surface area contributed by atoms with E-state index in [9.17, 15) is 0 Å². The number of anilines is 2. The van der Waals surface area contributed by atoms with Crippen molar-refractivity contribution in [2.45, 2.75) is 6.54 Å². The Morgan fingerprint density at radius 1 is 1.10 bits per heavy atom. The molecule has 2 aromatic heterocycles. The fraction of sp³-hybridized carbons (Fsp3) is 0.200. The highest BCUT2D eigenvalue weighted by Crippen LogP contribution is 2.22. The highest BCUT2D eigenvalue weighted by atomic mass is 15.2. The maximum atomic E-state index is 4.52. The van der Waals surface area contributed by atoms with Crippen LogP contribution >= 0.6 is 0 Å². The van der Waals surface area contributed by atoms with Crippen LogP contribution in [0.25, 0.3) is 11.2 Å². The van der Waals surface area contributed by atoms with E-state index in [1.165, 1.54) is 5.56 Å². The minimum atomic E-state index is 0.754. The van der Waals surface area contributed by atoms with Crippen LogP contribution in [0.2, 0.25) is 0 Å². The average Bonchev–Trinajstić information content (AvgIpc) is 2.85. The summed E-state index contributed by atoms with van der Waals surface area (Å²) in [4.78, 5) is 8.90. The van der Waals surface area contributed by atoms with E-state index in [2.05, 4.69) is 43.4 Å². The summed E-state index contributed by atoms with van der Waals surface area (Å²) in [6, 6.07) is 12.4. The van der Waals surface area contributed by atoms with Crippen LogP contribution in [0.5, 0.6) is 0 Å². The maximum absolute atomic E-state index is 4.52. The maximum Gasteiger partial charge on any atom is 0.205 e. The predicted molar refractivity (Wildman–Crippen MR) is 82.2 cm³/mol. The minimum absolute atomic E-state index is 0.754. The Labute approximate surface area is 117 Å². The molecule has 0 aliphatic rings. The number of nitrogens with one attached hydrogen (secondary N) is 2. The highest BCUT2D eigenvalue weighted by Gasteiger charge is 2.11. The zero-order valence-electron chi connectivity index (χ0n) is 11.6. The molecule has 5 nitrogen and oxygen atoms in total. The van der Waals surface area contributed by atoms with Crippen molar-refractivity contribution in [1.82, 2.24) is 14.5 Å². The topological polar surface area (TPSA) is 54.8 Å². The molecule has 0 saturated carbocycles. The minimum Gasteiger partial charge on any atom is -0.387 e. The fourth-order valence-corrected chi connectivity index (χ4v) is 2.26. The van der Waals surface area contributed by atoms with Crippen LogP contribution in [0, 0.1) is 0 Å². The number of pyridine rings is 1. The molecule has 0 unspecified atom stereocenters. The van der Waals surface area contributed by atoms with Crippen molar-refractivity contribution in [1.29, 1.82) is 0 Å². The van der Waals surface area contributed by atoms with Crippen molar-refractivity contribution in [2.24, 2.45) is 0 Å². The van der Waals surface area contributed by atoms with Crippen LogP contribution in [0.4, 0.5) is 11.6 Å². The van der Waals surface area contributed by atoms with Crippen LogP contribution in [0.3, 0.4) is 0 Å². The Kier molecular flexibility index (Phi) is 3.25. The van der Waals surface area contributed by atoms with Crippen molar-refractivity contribution in [2.75, 3.05) is 24.7 Å². The SMILES string of the molecule is CNc1cnc2nc(NC)n(Cc3ccccc3)c2c1. The standard InChI is InChI=1S/C15H17N5/c1-16-12-8-13-14(18-9-12)19-15(17-2)20(13)10-11-6-4-3-5-7-11/h3-9,16H,10H2,1-2H3,(H,17,18,19). The summed E-state index contributed by atoms with van der Waals surface area (Å²) in [5.74, 6) is 0.824. The molecule has 0 saturated heterocycles. The van der Waals surface area contributed by atoms with Crippen molar-refractivity contribution in [3.05, 3.63) is 48.2 Å². The lowest BCUT2D eigenvalue weighted by Crippen LogP contribution is -2.05. The second kappa shape index (κ2) is 5.21. The van der Waals surface area contributed by atoms with Gasteiger partial charge in [0.25, 0.3) is 0 Å². The molecular weight excluding hydrogens is 250 g/mol. The van der Waals surface area contributed by atoms with E-state index in [1.54, 1.807) is 6.20 Å². The van der Waals surface area contributed by atoms with Gasteiger partial charge < -0.3 is 15.2 Å². The molecule has 0 aliphatic carbocycles. The summed E-state index contributed by atoms with van der Waals surface area (Å²) in [6.45, 7) is 0.766. The Hall–Kier alpha value is -2.56. The molecule has 0 amide bonds. The Bertz CT molecular complexity index is 718. The predicted octanol–water partition coefficient (Wildman–Crippen LogP) is 2.56. The smallest absolute Gasteiger partial charge is 0.205 e. The zero-order valence-corrected chi connectivity index (χ0v) is 11.6. The van der Waals surface area contributed by atoms with E-state index in [4.69, 9.17) is 0 Å². The summed E-state index contributed by atoms with van der Waals surface area (Å²) in [6.07, 6.45) is 1.79. The van der Waals surface area contributed by atoms with Crippen LogP contribution in [0.1, 0.15) is 5.56 Å². The molecule has 0 spiro atoms. The molecule has 5 heteroatoms. The molecule has 0 bridgehead atoms. The van der Waals surface area contributed by atoms with Gasteiger partial charge in [0.2, 0.25) is 5.95 Å². The van der Waals surface area contributed by atoms with Crippen molar-refractivity contribution in [3.8, 4) is 0 Å². The largest absolute Gasteiger partial charge is 0.387 e. The van der Waals surface area contributed by atoms with Crippen molar-refractivity contribution in [3.63, 3.8) is 0 Å². The van der Waals surface area contributed by atoms with Gasteiger partial charge in [0, 0.05) is 14.1 Å². The van der Waals surface area contributed by atoms with Crippen LogP contribution in [-0.4, -0.2) is 28.6 Å². The molecule has 2 heterocycles. The highest BCUT2D eigenvalue weighted by molar-refractivity contribution is 5.78. The molecule has 0 atom stereocenters. The molecule has 2 N–H and O–H groups in total. The quantitative estimate of drug-likeness (QED) is 0.763. The normalized spacial score (nSPS) is 10.7. The molecular formula is C15H17N5. The monoisotopic (exact) mass is 267 g/mol. The number of nitrogens with zero attached hydrogens (tertiary/aromatic N) is 3.